The summed E-state index contributed by atoms with van der Waals surface area (Å²) in [6.07, 6.45) is 4.11. The van der Waals surface area contributed by atoms with E-state index in [1.807, 2.05) is 0 Å². The molecule has 2 unspecified atom stereocenters. The third-order valence-electron chi connectivity index (χ3n) is 3.61. The van der Waals surface area contributed by atoms with Gasteiger partial charge < -0.3 is 9.84 Å². The van der Waals surface area contributed by atoms with Crippen molar-refractivity contribution in [3.8, 4) is 0 Å². The molecule has 0 radical (unpaired) electrons. The van der Waals surface area contributed by atoms with Gasteiger partial charge in [-0.15, -0.1) is 0 Å². The Balaban J connectivity index is 1.72. The molecule has 1 aliphatic heterocycles. The molecule has 2 atom stereocenters. The van der Waals surface area contributed by atoms with Crippen LogP contribution in [0.2, 0.25) is 0 Å². The lowest BCUT2D eigenvalue weighted by molar-refractivity contribution is -0.0447. The molecule has 86 valence electrons. The Bertz CT molecular complexity index is 354. The summed E-state index contributed by atoms with van der Waals surface area (Å²) in [5.41, 5.74) is 2.67. The Morgan fingerprint density at radius 1 is 1.00 bits per heavy atom. The van der Waals surface area contributed by atoms with Crippen LogP contribution in [0, 0.1) is 0 Å². The highest BCUT2D eigenvalue weighted by Crippen LogP contribution is 2.40. The highest BCUT2D eigenvalue weighted by molar-refractivity contribution is 5.29. The van der Waals surface area contributed by atoms with Gasteiger partial charge in [0.15, 0.2) is 0 Å². The smallest absolute Gasteiger partial charge is 0.0849 e. The molecule has 1 aromatic rings. The average Bonchev–Trinajstić information content (AvgIpc) is 3.13. The van der Waals surface area contributed by atoms with Crippen LogP contribution in [0.4, 0.5) is 0 Å². The van der Waals surface area contributed by atoms with Crippen molar-refractivity contribution in [3.05, 3.63) is 35.4 Å². The first-order chi connectivity index (χ1) is 7.83. The molecule has 0 aromatic heterocycles. The van der Waals surface area contributed by atoms with Gasteiger partial charge in [-0.25, -0.2) is 0 Å². The van der Waals surface area contributed by atoms with Gasteiger partial charge in [0.25, 0.3) is 0 Å². The van der Waals surface area contributed by atoms with Gasteiger partial charge in [-0.1, -0.05) is 24.3 Å². The van der Waals surface area contributed by atoms with Crippen molar-refractivity contribution in [1.82, 2.24) is 0 Å². The molecule has 3 rings (SSSR count). The van der Waals surface area contributed by atoms with Gasteiger partial charge >= 0.3 is 0 Å². The number of ether oxygens (including phenoxy) is 1. The third kappa shape index (κ3) is 2.13. The van der Waals surface area contributed by atoms with Gasteiger partial charge in [0.2, 0.25) is 0 Å². The monoisotopic (exact) mass is 218 g/mol. The second-order valence-corrected chi connectivity index (χ2v) is 4.98. The first-order valence-corrected chi connectivity index (χ1v) is 6.22. The molecule has 0 bridgehead atoms. The third-order valence-corrected chi connectivity index (χ3v) is 3.61. The van der Waals surface area contributed by atoms with E-state index in [0.29, 0.717) is 6.61 Å². The number of rotatable bonds is 2. The van der Waals surface area contributed by atoms with E-state index in [9.17, 15) is 5.11 Å². The van der Waals surface area contributed by atoms with E-state index in [4.69, 9.17) is 4.74 Å². The van der Waals surface area contributed by atoms with Gasteiger partial charge in [-0.3, -0.25) is 0 Å². The molecular formula is C14H18O2. The van der Waals surface area contributed by atoms with Gasteiger partial charge in [0.05, 0.1) is 12.2 Å². The quantitative estimate of drug-likeness (QED) is 0.827. The zero-order chi connectivity index (χ0) is 11.0. The van der Waals surface area contributed by atoms with Crippen LogP contribution in [-0.2, 0) is 4.74 Å². The average molecular weight is 218 g/mol. The molecule has 1 saturated heterocycles. The molecular weight excluding hydrogens is 200 g/mol. The van der Waals surface area contributed by atoms with Crippen LogP contribution in [0.5, 0.6) is 0 Å². The molecule has 16 heavy (non-hydrogen) atoms. The number of hydrogen-bond donors (Lipinski definition) is 1. The summed E-state index contributed by atoms with van der Waals surface area (Å²) in [6, 6.07) is 8.77. The van der Waals surface area contributed by atoms with Crippen molar-refractivity contribution >= 4 is 0 Å². The summed E-state index contributed by atoms with van der Waals surface area (Å²) in [7, 11) is 0. The largest absolute Gasteiger partial charge is 0.393 e. The fourth-order valence-electron chi connectivity index (χ4n) is 2.41. The van der Waals surface area contributed by atoms with Crippen molar-refractivity contribution in [3.63, 3.8) is 0 Å². The summed E-state index contributed by atoms with van der Waals surface area (Å²) >= 11 is 0. The molecule has 2 aliphatic rings. The second-order valence-electron chi connectivity index (χ2n) is 4.98. The lowest BCUT2D eigenvalue weighted by Gasteiger charge is -2.26. The molecule has 1 aliphatic carbocycles. The molecule has 0 amide bonds. The van der Waals surface area contributed by atoms with Crippen molar-refractivity contribution < 1.29 is 9.84 Å². The second kappa shape index (κ2) is 4.19. The maximum atomic E-state index is 9.61. The van der Waals surface area contributed by atoms with Crippen LogP contribution >= 0.6 is 0 Å². The number of aliphatic hydroxyl groups is 1. The lowest BCUT2D eigenvalue weighted by atomic mass is 9.98. The Hall–Kier alpha value is -0.860. The van der Waals surface area contributed by atoms with Gasteiger partial charge in [0, 0.05) is 13.0 Å². The van der Waals surface area contributed by atoms with E-state index in [2.05, 4.69) is 24.3 Å². The van der Waals surface area contributed by atoms with Crippen molar-refractivity contribution in [2.75, 3.05) is 6.61 Å². The van der Waals surface area contributed by atoms with Crippen molar-refractivity contribution in [2.45, 2.75) is 43.8 Å². The predicted octanol–water partition coefficient (Wildman–Crippen LogP) is 2.78. The summed E-state index contributed by atoms with van der Waals surface area (Å²) in [5, 5.41) is 9.61. The van der Waals surface area contributed by atoms with Crippen LogP contribution in [0.1, 0.15) is 48.8 Å². The maximum absolute atomic E-state index is 9.61. The van der Waals surface area contributed by atoms with Crippen LogP contribution in [0.25, 0.3) is 0 Å². The molecule has 1 heterocycles. The minimum absolute atomic E-state index is 0.0944. The van der Waals surface area contributed by atoms with Crippen LogP contribution in [-0.4, -0.2) is 17.8 Å². The molecule has 2 nitrogen and oxygen atoms in total. The Labute approximate surface area is 96.2 Å². The number of hydrogen-bond acceptors (Lipinski definition) is 2. The minimum atomic E-state index is -0.193. The van der Waals surface area contributed by atoms with Gasteiger partial charge in [0.1, 0.15) is 0 Å². The maximum Gasteiger partial charge on any atom is 0.0849 e. The standard InChI is InChI=1S/C14H18O2/c15-13-7-8-16-14(9-13)12-5-3-11(4-6-12)10-1-2-10/h3-6,10,13-15H,1-2,7-9H2. The Morgan fingerprint density at radius 3 is 2.31 bits per heavy atom. The molecule has 1 aromatic carbocycles. The fraction of sp³-hybridized carbons (Fsp3) is 0.571. The summed E-state index contributed by atoms with van der Waals surface area (Å²) in [4.78, 5) is 0. The molecule has 1 saturated carbocycles. The zero-order valence-corrected chi connectivity index (χ0v) is 9.43. The minimum Gasteiger partial charge on any atom is -0.393 e. The van der Waals surface area contributed by atoms with E-state index in [1.165, 1.54) is 24.0 Å². The summed E-state index contributed by atoms with van der Waals surface area (Å²) < 4.78 is 5.69. The number of benzene rings is 1. The fourth-order valence-corrected chi connectivity index (χ4v) is 2.41. The van der Waals surface area contributed by atoms with Crippen molar-refractivity contribution in [2.24, 2.45) is 0 Å². The first kappa shape index (κ1) is 10.3. The summed E-state index contributed by atoms with van der Waals surface area (Å²) in [6.45, 7) is 0.677. The number of aliphatic hydroxyl groups excluding tert-OH is 1. The van der Waals surface area contributed by atoms with Crippen LogP contribution < -0.4 is 0 Å². The van der Waals surface area contributed by atoms with Gasteiger partial charge in [-0.2, -0.15) is 0 Å². The van der Waals surface area contributed by atoms with E-state index < -0.39 is 0 Å². The topological polar surface area (TPSA) is 29.5 Å². The Kier molecular flexibility index (Phi) is 2.70. The van der Waals surface area contributed by atoms with E-state index in [1.54, 1.807) is 0 Å². The summed E-state index contributed by atoms with van der Waals surface area (Å²) in [5.74, 6) is 0.812. The molecule has 2 fully saturated rings. The van der Waals surface area contributed by atoms with Gasteiger partial charge in [-0.05, 0) is 36.3 Å². The van der Waals surface area contributed by atoms with Crippen molar-refractivity contribution in [1.29, 1.82) is 0 Å². The lowest BCUT2D eigenvalue weighted by Crippen LogP contribution is -2.23. The Morgan fingerprint density at radius 2 is 1.69 bits per heavy atom. The zero-order valence-electron chi connectivity index (χ0n) is 9.43. The SMILES string of the molecule is OC1CCOC(c2ccc(C3CC3)cc2)C1. The molecule has 1 N–H and O–H groups in total. The molecule has 2 heteroatoms. The van der Waals surface area contributed by atoms with Crippen LogP contribution in [0.3, 0.4) is 0 Å². The van der Waals surface area contributed by atoms with Crippen LogP contribution in [0.15, 0.2) is 24.3 Å². The van der Waals surface area contributed by atoms with E-state index >= 15 is 0 Å². The predicted molar refractivity (Wildman–Crippen MR) is 62.4 cm³/mol. The van der Waals surface area contributed by atoms with E-state index in [0.717, 1.165) is 18.8 Å². The highest BCUT2D eigenvalue weighted by atomic mass is 16.5. The highest BCUT2D eigenvalue weighted by Gasteiger charge is 2.25. The first-order valence-electron chi connectivity index (χ1n) is 6.22. The van der Waals surface area contributed by atoms with E-state index in [-0.39, 0.29) is 12.2 Å². The normalized spacial score (nSPS) is 30.3. The molecule has 0 spiro atoms.